The monoisotopic (exact) mass is 837 g/mol. The van der Waals surface area contributed by atoms with Gasteiger partial charge in [-0.2, -0.15) is 0 Å². The van der Waals surface area contributed by atoms with E-state index in [1.54, 1.807) is 0 Å². The molecule has 344 valence electrons. The summed E-state index contributed by atoms with van der Waals surface area (Å²) in [6.45, 7) is 6.44. The van der Waals surface area contributed by atoms with Crippen LogP contribution < -0.4 is 0 Å². The second-order valence-corrected chi connectivity index (χ2v) is 16.5. The second kappa shape index (κ2) is 48.5. The lowest BCUT2D eigenvalue weighted by Gasteiger charge is -2.18. The Morgan fingerprint density at radius 1 is 0.350 bits per heavy atom. The smallest absolute Gasteiger partial charge is 0.306 e. The van der Waals surface area contributed by atoms with Gasteiger partial charge in [0.15, 0.2) is 6.10 Å². The Balaban J connectivity index is 4.42. The molecule has 0 bridgehead atoms. The minimum Gasteiger partial charge on any atom is -0.462 e. The molecule has 0 aromatic heterocycles. The topological polar surface area (TPSA) is 78.9 Å². The number of esters is 3. The fourth-order valence-corrected chi connectivity index (χ4v) is 6.80. The molecule has 0 aliphatic heterocycles. The lowest BCUT2D eigenvalue weighted by atomic mass is 10.1. The molecule has 6 heteroatoms. The summed E-state index contributed by atoms with van der Waals surface area (Å²) < 4.78 is 16.7. The van der Waals surface area contributed by atoms with Gasteiger partial charge in [-0.25, -0.2) is 0 Å². The Morgan fingerprint density at radius 2 is 0.650 bits per heavy atom. The zero-order chi connectivity index (χ0) is 43.7. The van der Waals surface area contributed by atoms with Crippen molar-refractivity contribution in [1.82, 2.24) is 0 Å². The molecule has 0 saturated heterocycles. The molecule has 1 atom stereocenters. The van der Waals surface area contributed by atoms with E-state index in [1.807, 2.05) is 0 Å². The number of carbonyl (C=O) groups is 3. The number of ether oxygens (including phenoxy) is 3. The van der Waals surface area contributed by atoms with Crippen molar-refractivity contribution in [3.8, 4) is 0 Å². The Morgan fingerprint density at radius 3 is 1.00 bits per heavy atom. The quantitative estimate of drug-likeness (QED) is 0.0263. The fourth-order valence-electron chi connectivity index (χ4n) is 6.80. The predicted octanol–water partition coefficient (Wildman–Crippen LogP) is 16.3. The molecule has 0 spiro atoms. The highest BCUT2D eigenvalue weighted by Gasteiger charge is 2.19. The van der Waals surface area contributed by atoms with E-state index in [4.69, 9.17) is 14.2 Å². The molecule has 0 amide bonds. The van der Waals surface area contributed by atoms with Crippen molar-refractivity contribution >= 4 is 17.9 Å². The summed E-state index contributed by atoms with van der Waals surface area (Å²) in [5.41, 5.74) is 0. The first-order valence-electron chi connectivity index (χ1n) is 25.0. The van der Waals surface area contributed by atoms with Crippen LogP contribution in [0.25, 0.3) is 0 Å². The second-order valence-electron chi connectivity index (χ2n) is 16.5. The molecule has 60 heavy (non-hydrogen) atoms. The Kier molecular flexibility index (Phi) is 46.0. The molecule has 0 fully saturated rings. The van der Waals surface area contributed by atoms with E-state index in [2.05, 4.69) is 93.7 Å². The van der Waals surface area contributed by atoms with Crippen molar-refractivity contribution in [3.05, 3.63) is 72.9 Å². The zero-order valence-corrected chi connectivity index (χ0v) is 39.2. The average molecular weight is 837 g/mol. The highest BCUT2D eigenvalue weighted by Crippen LogP contribution is 2.14. The number of allylic oxidation sites excluding steroid dienone is 12. The molecule has 6 nitrogen and oxygen atoms in total. The van der Waals surface area contributed by atoms with Gasteiger partial charge in [-0.15, -0.1) is 0 Å². The van der Waals surface area contributed by atoms with Crippen LogP contribution in [0.2, 0.25) is 0 Å². The molecule has 0 heterocycles. The first-order valence-corrected chi connectivity index (χ1v) is 25.0. The fraction of sp³-hybridized carbons (Fsp3) is 0.722. The zero-order valence-electron chi connectivity index (χ0n) is 39.2. The average Bonchev–Trinajstić information content (AvgIpc) is 3.24. The highest BCUT2D eigenvalue weighted by atomic mass is 16.6. The van der Waals surface area contributed by atoms with Crippen LogP contribution >= 0.6 is 0 Å². The third kappa shape index (κ3) is 45.9. The maximum absolute atomic E-state index is 12.7. The Bertz CT molecular complexity index is 1140. The van der Waals surface area contributed by atoms with Crippen molar-refractivity contribution in [2.45, 2.75) is 239 Å². The molecule has 0 aliphatic rings. The van der Waals surface area contributed by atoms with Gasteiger partial charge in [0, 0.05) is 19.3 Å². The van der Waals surface area contributed by atoms with Crippen LogP contribution in [0, 0.1) is 0 Å². The Labute approximate surface area is 370 Å². The highest BCUT2D eigenvalue weighted by molar-refractivity contribution is 5.71. The van der Waals surface area contributed by atoms with E-state index in [0.29, 0.717) is 19.3 Å². The maximum Gasteiger partial charge on any atom is 0.306 e. The van der Waals surface area contributed by atoms with Crippen LogP contribution in [0.5, 0.6) is 0 Å². The number of hydrogen-bond acceptors (Lipinski definition) is 6. The number of hydrogen-bond donors (Lipinski definition) is 0. The van der Waals surface area contributed by atoms with E-state index in [1.165, 1.54) is 89.9 Å². The largest absolute Gasteiger partial charge is 0.462 e. The summed E-state index contributed by atoms with van der Waals surface area (Å²) in [4.78, 5) is 37.9. The van der Waals surface area contributed by atoms with Crippen molar-refractivity contribution in [1.29, 1.82) is 0 Å². The summed E-state index contributed by atoms with van der Waals surface area (Å²) in [6, 6.07) is 0. The van der Waals surface area contributed by atoms with E-state index >= 15 is 0 Å². The molecule has 0 aromatic rings. The first kappa shape index (κ1) is 56.9. The van der Waals surface area contributed by atoms with Gasteiger partial charge in [0.05, 0.1) is 0 Å². The molecule has 0 aliphatic carbocycles. The molecule has 0 radical (unpaired) electrons. The van der Waals surface area contributed by atoms with E-state index in [-0.39, 0.29) is 31.1 Å². The van der Waals surface area contributed by atoms with Crippen molar-refractivity contribution in [2.24, 2.45) is 0 Å². The predicted molar refractivity (Wildman–Crippen MR) is 256 cm³/mol. The van der Waals surface area contributed by atoms with E-state index in [9.17, 15) is 14.4 Å². The van der Waals surface area contributed by atoms with E-state index < -0.39 is 6.10 Å². The van der Waals surface area contributed by atoms with Crippen LogP contribution in [-0.4, -0.2) is 37.2 Å². The number of unbranched alkanes of at least 4 members (excludes halogenated alkanes) is 25. The molecule has 0 saturated carbocycles. The summed E-state index contributed by atoms with van der Waals surface area (Å²) in [6.07, 6.45) is 60.2. The Hall–Kier alpha value is -3.15. The van der Waals surface area contributed by atoms with Crippen LogP contribution in [0.3, 0.4) is 0 Å². The van der Waals surface area contributed by atoms with Crippen LogP contribution in [0.1, 0.15) is 233 Å². The molecule has 1 unspecified atom stereocenters. The molecule has 0 N–H and O–H groups in total. The minimum absolute atomic E-state index is 0.0897. The van der Waals surface area contributed by atoms with Crippen LogP contribution in [0.4, 0.5) is 0 Å². The van der Waals surface area contributed by atoms with Crippen LogP contribution in [-0.2, 0) is 28.6 Å². The summed E-state index contributed by atoms with van der Waals surface area (Å²) >= 11 is 0. The van der Waals surface area contributed by atoms with Gasteiger partial charge >= 0.3 is 17.9 Å². The number of rotatable bonds is 44. The van der Waals surface area contributed by atoms with Gasteiger partial charge in [0.1, 0.15) is 13.2 Å². The summed E-state index contributed by atoms with van der Waals surface area (Å²) in [5.74, 6) is -0.932. The van der Waals surface area contributed by atoms with Crippen molar-refractivity contribution in [3.63, 3.8) is 0 Å². The third-order valence-electron chi connectivity index (χ3n) is 10.6. The number of carbonyl (C=O) groups excluding carboxylic acids is 3. The SMILES string of the molecule is CC\C=C/C=C\C=C/CCCCCCCC(=O)OC(COC(=O)CCCCCCC\C=C/C=C\C=C/CCCCCCC)COC(=O)CCCCCCCCCCCCC. The third-order valence-corrected chi connectivity index (χ3v) is 10.6. The van der Waals surface area contributed by atoms with Crippen molar-refractivity contribution < 1.29 is 28.6 Å². The summed E-state index contributed by atoms with van der Waals surface area (Å²) in [7, 11) is 0. The minimum atomic E-state index is -0.791. The van der Waals surface area contributed by atoms with Gasteiger partial charge in [-0.05, 0) is 64.2 Å². The van der Waals surface area contributed by atoms with Gasteiger partial charge in [0.25, 0.3) is 0 Å². The van der Waals surface area contributed by atoms with Gasteiger partial charge in [-0.3, -0.25) is 14.4 Å². The molecule has 0 aromatic carbocycles. The lowest BCUT2D eigenvalue weighted by Crippen LogP contribution is -2.30. The molecular formula is C54H92O6. The maximum atomic E-state index is 12.7. The first-order chi connectivity index (χ1) is 29.5. The molecular weight excluding hydrogens is 745 g/mol. The van der Waals surface area contributed by atoms with Crippen LogP contribution in [0.15, 0.2) is 72.9 Å². The van der Waals surface area contributed by atoms with Gasteiger partial charge in [-0.1, -0.05) is 222 Å². The van der Waals surface area contributed by atoms with E-state index in [0.717, 1.165) is 103 Å². The van der Waals surface area contributed by atoms with Gasteiger partial charge in [0.2, 0.25) is 0 Å². The lowest BCUT2D eigenvalue weighted by molar-refractivity contribution is -0.167. The van der Waals surface area contributed by atoms with Crippen molar-refractivity contribution in [2.75, 3.05) is 13.2 Å². The summed E-state index contributed by atoms with van der Waals surface area (Å²) in [5, 5.41) is 0. The van der Waals surface area contributed by atoms with Gasteiger partial charge < -0.3 is 14.2 Å². The molecule has 0 rings (SSSR count). The standard InChI is InChI=1S/C54H92O6/c1-4-7-10-13-16-19-22-24-25-26-27-28-30-32-35-38-41-44-47-53(56)59-50-51(49-58-52(55)46-43-40-37-34-31-21-18-15-12-9-6-3)60-54(57)48-45-42-39-36-33-29-23-20-17-14-11-8-5-2/h8,11,14,17,20,22-28,51H,4-7,9-10,12-13,15-16,18-19,21,29-50H2,1-3H3/b11-8-,17-14-,23-20-,24-22-,26-25-,28-27-. The normalized spacial score (nSPS) is 12.7.